The Morgan fingerprint density at radius 1 is 1.22 bits per heavy atom. The molecule has 1 N–H and O–H groups in total. The lowest BCUT2D eigenvalue weighted by Crippen LogP contribution is -2.37. The summed E-state index contributed by atoms with van der Waals surface area (Å²) in [6.07, 6.45) is 0. The number of nitrogens with zero attached hydrogens (tertiary/aromatic N) is 2. The molecule has 0 spiro atoms. The van der Waals surface area contributed by atoms with Crippen LogP contribution in [0, 0.1) is 6.92 Å². The van der Waals surface area contributed by atoms with Crippen molar-refractivity contribution in [3.8, 4) is 0 Å². The molecule has 1 unspecified atom stereocenters. The fourth-order valence-corrected chi connectivity index (χ4v) is 2.50. The maximum absolute atomic E-state index is 4.35. The highest BCUT2D eigenvalue weighted by atomic mass is 32.1. The van der Waals surface area contributed by atoms with Crippen LogP contribution in [0.3, 0.4) is 0 Å². The molecule has 0 aliphatic carbocycles. The normalized spacial score (nSPS) is 13.3. The quantitative estimate of drug-likeness (QED) is 0.913. The van der Waals surface area contributed by atoms with E-state index in [2.05, 4.69) is 59.7 Å². The van der Waals surface area contributed by atoms with E-state index in [-0.39, 0.29) is 11.5 Å². The van der Waals surface area contributed by atoms with E-state index in [4.69, 9.17) is 0 Å². The minimum absolute atomic E-state index is 0.0425. The van der Waals surface area contributed by atoms with Crippen LogP contribution in [0.4, 0.5) is 5.13 Å². The Bertz CT molecular complexity index is 505. The summed E-state index contributed by atoms with van der Waals surface area (Å²) in [5, 5.41) is 4.34. The lowest BCUT2D eigenvalue weighted by Gasteiger charge is -2.32. The van der Waals surface area contributed by atoms with Crippen LogP contribution in [0.15, 0.2) is 30.3 Å². The first-order valence-corrected chi connectivity index (χ1v) is 6.90. The fraction of sp³-hybridized carbons (Fsp3) is 0.429. The first-order valence-electron chi connectivity index (χ1n) is 6.12. The van der Waals surface area contributed by atoms with E-state index in [1.165, 1.54) is 17.1 Å². The molecule has 0 saturated heterocycles. The summed E-state index contributed by atoms with van der Waals surface area (Å²) in [5.74, 6) is 0.826. The summed E-state index contributed by atoms with van der Waals surface area (Å²) in [6, 6.07) is 10.8. The van der Waals surface area contributed by atoms with E-state index in [1.54, 1.807) is 0 Å². The average Bonchev–Trinajstić information content (AvgIpc) is 2.76. The molecule has 1 aromatic heterocycles. The maximum atomic E-state index is 4.35. The second-order valence-corrected chi connectivity index (χ2v) is 5.85. The van der Waals surface area contributed by atoms with Crippen molar-refractivity contribution >= 4 is 16.7 Å². The van der Waals surface area contributed by atoms with E-state index >= 15 is 0 Å². The van der Waals surface area contributed by atoms with Crippen molar-refractivity contribution in [3.05, 3.63) is 41.7 Å². The molecular weight excluding hydrogens is 242 g/mol. The number of benzene rings is 1. The molecule has 3 nitrogen and oxygen atoms in total. The van der Waals surface area contributed by atoms with Gasteiger partial charge in [-0.15, -0.1) is 0 Å². The van der Waals surface area contributed by atoms with Gasteiger partial charge in [0.15, 0.2) is 0 Å². The van der Waals surface area contributed by atoms with Gasteiger partial charge in [0.05, 0.1) is 0 Å². The molecule has 18 heavy (non-hydrogen) atoms. The van der Waals surface area contributed by atoms with Crippen LogP contribution < -0.4 is 5.32 Å². The third-order valence-electron chi connectivity index (χ3n) is 3.47. The summed E-state index contributed by atoms with van der Waals surface area (Å²) in [5.41, 5.74) is 1.37. The van der Waals surface area contributed by atoms with Gasteiger partial charge in [-0.1, -0.05) is 44.2 Å². The molecule has 4 heteroatoms. The molecule has 2 aromatic rings. The molecule has 0 aliphatic heterocycles. The molecule has 0 radical (unpaired) electrons. The lowest BCUT2D eigenvalue weighted by molar-refractivity contribution is 0.458. The largest absolute Gasteiger partial charge is 0.357 e. The van der Waals surface area contributed by atoms with Gasteiger partial charge in [0.2, 0.25) is 5.13 Å². The highest BCUT2D eigenvalue weighted by Crippen LogP contribution is 2.29. The number of aryl methyl sites for hydroxylation is 1. The Balaban J connectivity index is 2.15. The van der Waals surface area contributed by atoms with E-state index in [0.29, 0.717) is 0 Å². The first-order chi connectivity index (χ1) is 8.50. The van der Waals surface area contributed by atoms with E-state index < -0.39 is 0 Å². The van der Waals surface area contributed by atoms with Gasteiger partial charge < -0.3 is 5.32 Å². The molecule has 1 heterocycles. The third kappa shape index (κ3) is 2.70. The van der Waals surface area contributed by atoms with Crippen molar-refractivity contribution in [2.45, 2.75) is 39.2 Å². The van der Waals surface area contributed by atoms with Gasteiger partial charge in [-0.05, 0) is 19.4 Å². The summed E-state index contributed by atoms with van der Waals surface area (Å²) in [6.45, 7) is 8.58. The Kier molecular flexibility index (Phi) is 3.66. The summed E-state index contributed by atoms with van der Waals surface area (Å²) >= 11 is 1.42. The zero-order valence-electron chi connectivity index (χ0n) is 11.3. The van der Waals surface area contributed by atoms with Gasteiger partial charge >= 0.3 is 0 Å². The zero-order valence-corrected chi connectivity index (χ0v) is 12.1. The van der Waals surface area contributed by atoms with Crippen molar-refractivity contribution in [1.29, 1.82) is 0 Å². The lowest BCUT2D eigenvalue weighted by atomic mass is 9.78. The van der Waals surface area contributed by atoms with Gasteiger partial charge in [0.25, 0.3) is 0 Å². The standard InChI is InChI=1S/C14H19N3S/c1-10(15-13-16-11(2)17-18-13)14(3,4)12-8-6-5-7-9-12/h5-10H,1-4H3,(H,15,16,17). The predicted molar refractivity (Wildman–Crippen MR) is 77.2 cm³/mol. The summed E-state index contributed by atoms with van der Waals surface area (Å²) in [4.78, 5) is 4.35. The maximum Gasteiger partial charge on any atom is 0.202 e. The number of aromatic nitrogens is 2. The molecule has 96 valence electrons. The van der Waals surface area contributed by atoms with Crippen LogP contribution in [-0.4, -0.2) is 15.4 Å². The van der Waals surface area contributed by atoms with Gasteiger partial charge in [-0.2, -0.15) is 4.37 Å². The third-order valence-corrected chi connectivity index (χ3v) is 4.21. The molecule has 0 aliphatic rings. The molecule has 0 bridgehead atoms. The molecule has 0 saturated carbocycles. The Labute approximate surface area is 112 Å². The smallest absolute Gasteiger partial charge is 0.202 e. The minimum Gasteiger partial charge on any atom is -0.357 e. The van der Waals surface area contributed by atoms with Crippen LogP contribution in [0.25, 0.3) is 0 Å². The van der Waals surface area contributed by atoms with Gasteiger partial charge in [0, 0.05) is 23.0 Å². The fourth-order valence-electron chi connectivity index (χ4n) is 1.84. The van der Waals surface area contributed by atoms with Crippen molar-refractivity contribution < 1.29 is 0 Å². The number of anilines is 1. The molecular formula is C14H19N3S. The SMILES string of the molecule is Cc1nsc(NC(C)C(C)(C)c2ccccc2)n1. The van der Waals surface area contributed by atoms with Crippen LogP contribution >= 0.6 is 11.5 Å². The number of hydrogen-bond acceptors (Lipinski definition) is 4. The van der Waals surface area contributed by atoms with Crippen molar-refractivity contribution in [1.82, 2.24) is 9.36 Å². The molecule has 1 atom stereocenters. The highest BCUT2D eigenvalue weighted by Gasteiger charge is 2.28. The number of nitrogens with one attached hydrogen (secondary N) is 1. The Hall–Kier alpha value is -1.42. The first kappa shape index (κ1) is 13.0. The van der Waals surface area contributed by atoms with Gasteiger partial charge in [-0.3, -0.25) is 0 Å². The van der Waals surface area contributed by atoms with Crippen LogP contribution in [0.2, 0.25) is 0 Å². The summed E-state index contributed by atoms with van der Waals surface area (Å²) in [7, 11) is 0. The Morgan fingerprint density at radius 3 is 2.44 bits per heavy atom. The predicted octanol–water partition coefficient (Wildman–Crippen LogP) is 3.62. The van der Waals surface area contributed by atoms with Crippen LogP contribution in [0.1, 0.15) is 32.2 Å². The number of hydrogen-bond donors (Lipinski definition) is 1. The minimum atomic E-state index is 0.0425. The topological polar surface area (TPSA) is 37.8 Å². The average molecular weight is 261 g/mol. The second-order valence-electron chi connectivity index (χ2n) is 5.10. The van der Waals surface area contributed by atoms with E-state index in [9.17, 15) is 0 Å². The van der Waals surface area contributed by atoms with E-state index in [1.807, 2.05) is 13.0 Å². The van der Waals surface area contributed by atoms with Crippen LogP contribution in [-0.2, 0) is 5.41 Å². The number of rotatable bonds is 4. The van der Waals surface area contributed by atoms with Gasteiger partial charge in [-0.25, -0.2) is 4.98 Å². The Morgan fingerprint density at radius 2 is 1.89 bits per heavy atom. The molecule has 0 amide bonds. The molecule has 2 rings (SSSR count). The van der Waals surface area contributed by atoms with Crippen molar-refractivity contribution in [2.24, 2.45) is 0 Å². The highest BCUT2D eigenvalue weighted by molar-refractivity contribution is 7.09. The zero-order chi connectivity index (χ0) is 13.2. The molecule has 0 fully saturated rings. The monoisotopic (exact) mass is 261 g/mol. The van der Waals surface area contributed by atoms with E-state index in [0.717, 1.165) is 11.0 Å². The summed E-state index contributed by atoms with van der Waals surface area (Å²) < 4.78 is 4.19. The van der Waals surface area contributed by atoms with Gasteiger partial charge in [0.1, 0.15) is 5.82 Å². The molecule has 1 aromatic carbocycles. The van der Waals surface area contributed by atoms with Crippen LogP contribution in [0.5, 0.6) is 0 Å². The second kappa shape index (κ2) is 5.06. The van der Waals surface area contributed by atoms with Crippen molar-refractivity contribution in [2.75, 3.05) is 5.32 Å². The van der Waals surface area contributed by atoms with Crippen molar-refractivity contribution in [3.63, 3.8) is 0 Å².